The molecule has 1 aromatic heterocycles. The first kappa shape index (κ1) is 21.6. The normalized spacial score (nSPS) is 10.5. The van der Waals surface area contributed by atoms with Crippen molar-refractivity contribution in [2.24, 2.45) is 0 Å². The van der Waals surface area contributed by atoms with Crippen molar-refractivity contribution in [2.75, 3.05) is 10.2 Å². The van der Waals surface area contributed by atoms with Crippen LogP contribution in [0.25, 0.3) is 10.4 Å². The molecule has 0 spiro atoms. The number of nitrogens with one attached hydrogen (secondary N) is 1. The number of carbonyl (C=O) groups excluding carboxylic acids is 1. The van der Waals surface area contributed by atoms with Gasteiger partial charge in [0.1, 0.15) is 4.88 Å². The molecule has 160 valence electrons. The van der Waals surface area contributed by atoms with Gasteiger partial charge < -0.3 is 10.4 Å². The molecule has 0 aliphatic carbocycles. The number of para-hydroxylation sites is 1. The van der Waals surface area contributed by atoms with Gasteiger partial charge in [-0.1, -0.05) is 72.3 Å². The van der Waals surface area contributed by atoms with Crippen molar-refractivity contribution in [3.8, 4) is 10.4 Å². The van der Waals surface area contributed by atoms with Crippen LogP contribution in [0.3, 0.4) is 0 Å². The van der Waals surface area contributed by atoms with E-state index in [1.807, 2.05) is 72.8 Å². The Morgan fingerprint density at radius 3 is 2.16 bits per heavy atom. The summed E-state index contributed by atoms with van der Waals surface area (Å²) in [6.07, 6.45) is 0. The molecule has 0 aliphatic heterocycles. The predicted octanol–water partition coefficient (Wildman–Crippen LogP) is 7.01. The molecule has 0 saturated heterocycles. The van der Waals surface area contributed by atoms with Gasteiger partial charge in [-0.3, -0.25) is 4.90 Å². The van der Waals surface area contributed by atoms with Gasteiger partial charge in [-0.05, 0) is 41.5 Å². The second-order valence-electron chi connectivity index (χ2n) is 7.00. The van der Waals surface area contributed by atoms with Crippen LogP contribution in [-0.4, -0.2) is 17.1 Å². The first-order valence-corrected chi connectivity index (χ1v) is 11.0. The maximum atomic E-state index is 13.3. The number of nitrogens with zero attached hydrogens (tertiary/aromatic N) is 1. The van der Waals surface area contributed by atoms with Gasteiger partial charge >= 0.3 is 12.0 Å². The highest BCUT2D eigenvalue weighted by Gasteiger charge is 2.22. The van der Waals surface area contributed by atoms with E-state index in [0.29, 0.717) is 17.3 Å². The molecule has 0 atom stereocenters. The molecule has 0 saturated carbocycles. The molecule has 5 nitrogen and oxygen atoms in total. The molecule has 0 fully saturated rings. The number of halogens is 1. The zero-order chi connectivity index (χ0) is 22.5. The van der Waals surface area contributed by atoms with Crippen molar-refractivity contribution < 1.29 is 14.7 Å². The van der Waals surface area contributed by atoms with E-state index in [1.54, 1.807) is 23.1 Å². The zero-order valence-electron chi connectivity index (χ0n) is 16.9. The van der Waals surface area contributed by atoms with E-state index in [-0.39, 0.29) is 10.6 Å². The summed E-state index contributed by atoms with van der Waals surface area (Å²) in [6, 6.07) is 27.3. The summed E-state index contributed by atoms with van der Waals surface area (Å²) in [5.74, 6) is -1.10. The van der Waals surface area contributed by atoms with Gasteiger partial charge in [0.2, 0.25) is 0 Å². The topological polar surface area (TPSA) is 69.6 Å². The summed E-state index contributed by atoms with van der Waals surface area (Å²) in [5, 5.41) is 13.1. The lowest BCUT2D eigenvalue weighted by molar-refractivity contribution is 0.0703. The monoisotopic (exact) mass is 462 g/mol. The van der Waals surface area contributed by atoms with E-state index in [9.17, 15) is 14.7 Å². The molecule has 32 heavy (non-hydrogen) atoms. The lowest BCUT2D eigenvalue weighted by Gasteiger charge is -2.23. The molecule has 0 unspecified atom stereocenters. The van der Waals surface area contributed by atoms with Crippen molar-refractivity contribution in [1.29, 1.82) is 0 Å². The van der Waals surface area contributed by atoms with E-state index in [1.165, 1.54) is 0 Å². The van der Waals surface area contributed by atoms with Gasteiger partial charge in [0.25, 0.3) is 0 Å². The largest absolute Gasteiger partial charge is 0.477 e. The maximum absolute atomic E-state index is 13.3. The van der Waals surface area contributed by atoms with Crippen molar-refractivity contribution in [3.05, 3.63) is 106 Å². The Morgan fingerprint density at radius 1 is 0.906 bits per heavy atom. The molecule has 0 aliphatic rings. The molecule has 4 aromatic rings. The number of carbonyl (C=O) groups is 2. The van der Waals surface area contributed by atoms with Crippen LogP contribution < -0.4 is 10.2 Å². The van der Waals surface area contributed by atoms with Crippen LogP contribution in [0.4, 0.5) is 16.2 Å². The highest BCUT2D eigenvalue weighted by atomic mass is 35.5. The number of carboxylic acids is 1. The fraction of sp³-hybridized carbons (Fsp3) is 0.0400. The second kappa shape index (κ2) is 9.68. The van der Waals surface area contributed by atoms with Crippen LogP contribution in [0.15, 0.2) is 91.0 Å². The number of rotatable bonds is 6. The Hall–Kier alpha value is -3.61. The van der Waals surface area contributed by atoms with E-state index in [4.69, 9.17) is 11.6 Å². The molecule has 4 rings (SSSR count). The maximum Gasteiger partial charge on any atom is 0.348 e. The van der Waals surface area contributed by atoms with Gasteiger partial charge in [-0.15, -0.1) is 11.3 Å². The number of hydrogen-bond donors (Lipinski definition) is 2. The minimum Gasteiger partial charge on any atom is -0.477 e. The van der Waals surface area contributed by atoms with E-state index >= 15 is 0 Å². The van der Waals surface area contributed by atoms with Crippen LogP contribution in [0.1, 0.15) is 15.2 Å². The molecular formula is C25H19ClN2O3S. The Balaban J connectivity index is 1.65. The number of hydrogen-bond acceptors (Lipinski definition) is 3. The number of carboxylic acid groups (broad SMARTS) is 1. The van der Waals surface area contributed by atoms with Gasteiger partial charge in [0.15, 0.2) is 0 Å². The van der Waals surface area contributed by atoms with Crippen LogP contribution >= 0.6 is 22.9 Å². The summed E-state index contributed by atoms with van der Waals surface area (Å²) >= 11 is 7.07. The fourth-order valence-electron chi connectivity index (χ4n) is 3.24. The van der Waals surface area contributed by atoms with Gasteiger partial charge in [0.05, 0.1) is 12.2 Å². The lowest BCUT2D eigenvalue weighted by atomic mass is 10.2. The molecule has 0 radical (unpaired) electrons. The first-order chi connectivity index (χ1) is 15.5. The Bertz CT molecular complexity index is 1230. The molecule has 1 heterocycles. The van der Waals surface area contributed by atoms with Crippen molar-refractivity contribution in [2.45, 2.75) is 6.54 Å². The number of urea groups is 1. The highest BCUT2D eigenvalue weighted by molar-refractivity contribution is 7.18. The minimum absolute atomic E-state index is 0.0658. The van der Waals surface area contributed by atoms with Crippen molar-refractivity contribution >= 4 is 46.3 Å². The van der Waals surface area contributed by atoms with Gasteiger partial charge in [0, 0.05) is 15.6 Å². The molecule has 0 bridgehead atoms. The standard InChI is InChI=1S/C25H19ClN2O3S/c26-19-13-11-18(12-14-19)22-15-21(23(32-22)24(29)30)27-25(31)28(20-9-5-2-6-10-20)16-17-7-3-1-4-8-17/h1-15H,16H2,(H,27,31)(H,29,30). The summed E-state index contributed by atoms with van der Waals surface area (Å²) in [4.78, 5) is 27.5. The minimum atomic E-state index is -1.10. The Kier molecular flexibility index (Phi) is 6.54. The highest BCUT2D eigenvalue weighted by Crippen LogP contribution is 2.35. The van der Waals surface area contributed by atoms with Gasteiger partial charge in [-0.25, -0.2) is 9.59 Å². The summed E-state index contributed by atoms with van der Waals surface area (Å²) in [6.45, 7) is 0.341. The van der Waals surface area contributed by atoms with Crippen LogP contribution in [0, 0.1) is 0 Å². The van der Waals surface area contributed by atoms with E-state index < -0.39 is 12.0 Å². The number of anilines is 2. The third kappa shape index (κ3) is 4.99. The molecule has 2 amide bonds. The average Bonchev–Trinajstić information content (AvgIpc) is 3.23. The van der Waals surface area contributed by atoms with Crippen LogP contribution in [0.2, 0.25) is 5.02 Å². The number of amides is 2. The molecule has 2 N–H and O–H groups in total. The SMILES string of the molecule is O=C(O)c1sc(-c2ccc(Cl)cc2)cc1NC(=O)N(Cc1ccccc1)c1ccccc1. The van der Waals surface area contributed by atoms with Crippen molar-refractivity contribution in [1.82, 2.24) is 0 Å². The van der Waals surface area contributed by atoms with Crippen LogP contribution in [0.5, 0.6) is 0 Å². The first-order valence-electron chi connectivity index (χ1n) is 9.82. The smallest absolute Gasteiger partial charge is 0.348 e. The van der Waals surface area contributed by atoms with Crippen LogP contribution in [-0.2, 0) is 6.54 Å². The third-order valence-corrected chi connectivity index (χ3v) is 6.22. The molecule has 7 heteroatoms. The molecule has 3 aromatic carbocycles. The van der Waals surface area contributed by atoms with Crippen molar-refractivity contribution in [3.63, 3.8) is 0 Å². The van der Waals surface area contributed by atoms with Gasteiger partial charge in [-0.2, -0.15) is 0 Å². The summed E-state index contributed by atoms with van der Waals surface area (Å²) in [5.41, 5.74) is 2.74. The second-order valence-corrected chi connectivity index (χ2v) is 8.49. The Morgan fingerprint density at radius 2 is 1.53 bits per heavy atom. The Labute approximate surface area is 194 Å². The quantitative estimate of drug-likeness (QED) is 0.324. The number of benzene rings is 3. The number of aromatic carboxylic acids is 1. The van der Waals surface area contributed by atoms with E-state index in [2.05, 4.69) is 5.32 Å². The van der Waals surface area contributed by atoms with E-state index in [0.717, 1.165) is 27.3 Å². The predicted molar refractivity (Wildman–Crippen MR) is 130 cm³/mol. The zero-order valence-corrected chi connectivity index (χ0v) is 18.4. The fourth-order valence-corrected chi connectivity index (χ4v) is 4.32. The molecular weight excluding hydrogens is 444 g/mol. The average molecular weight is 463 g/mol. The number of thiophene rings is 1. The third-order valence-electron chi connectivity index (χ3n) is 4.79. The lowest BCUT2D eigenvalue weighted by Crippen LogP contribution is -2.34. The summed E-state index contributed by atoms with van der Waals surface area (Å²) < 4.78 is 0. The summed E-state index contributed by atoms with van der Waals surface area (Å²) in [7, 11) is 0.